The Kier molecular flexibility index (Phi) is 4.20. The van der Waals surface area contributed by atoms with Crippen LogP contribution in [-0.2, 0) is 6.54 Å². The second-order valence-corrected chi connectivity index (χ2v) is 5.81. The summed E-state index contributed by atoms with van der Waals surface area (Å²) in [4.78, 5) is 2.46. The number of benzene rings is 2. The Hall–Kier alpha value is -1.87. The SMILES string of the molecule is Cc1cc(F)ccc1NC1CCN(Cc2ccccc2)C1. The van der Waals surface area contributed by atoms with Gasteiger partial charge in [-0.2, -0.15) is 0 Å². The molecule has 0 amide bonds. The van der Waals surface area contributed by atoms with E-state index in [-0.39, 0.29) is 5.82 Å². The number of rotatable bonds is 4. The molecule has 0 saturated carbocycles. The largest absolute Gasteiger partial charge is 0.381 e. The first kappa shape index (κ1) is 14.1. The van der Waals surface area contributed by atoms with Crippen LogP contribution in [0.3, 0.4) is 0 Å². The highest BCUT2D eigenvalue weighted by molar-refractivity contribution is 5.51. The smallest absolute Gasteiger partial charge is 0.123 e. The Morgan fingerprint density at radius 3 is 2.76 bits per heavy atom. The summed E-state index contributed by atoms with van der Waals surface area (Å²) in [6, 6.07) is 15.9. The Balaban J connectivity index is 1.57. The summed E-state index contributed by atoms with van der Waals surface area (Å²) in [7, 11) is 0. The van der Waals surface area contributed by atoms with E-state index in [1.54, 1.807) is 6.07 Å². The molecule has 1 unspecified atom stereocenters. The fraction of sp³-hybridized carbons (Fsp3) is 0.333. The average molecular weight is 284 g/mol. The lowest BCUT2D eigenvalue weighted by atomic mass is 10.1. The average Bonchev–Trinajstić information content (AvgIpc) is 2.90. The molecule has 0 spiro atoms. The van der Waals surface area contributed by atoms with E-state index in [1.807, 2.05) is 13.0 Å². The molecule has 1 atom stereocenters. The first-order chi connectivity index (χ1) is 10.2. The van der Waals surface area contributed by atoms with Gasteiger partial charge in [-0.3, -0.25) is 4.90 Å². The second kappa shape index (κ2) is 6.27. The van der Waals surface area contributed by atoms with E-state index in [4.69, 9.17) is 0 Å². The lowest BCUT2D eigenvalue weighted by Gasteiger charge is -2.18. The number of anilines is 1. The number of nitrogens with zero attached hydrogens (tertiary/aromatic N) is 1. The van der Waals surface area contributed by atoms with Crippen molar-refractivity contribution in [1.29, 1.82) is 0 Å². The molecule has 1 saturated heterocycles. The molecular weight excluding hydrogens is 263 g/mol. The van der Waals surface area contributed by atoms with E-state index in [9.17, 15) is 4.39 Å². The van der Waals surface area contributed by atoms with E-state index in [0.717, 1.165) is 37.3 Å². The van der Waals surface area contributed by atoms with E-state index in [0.29, 0.717) is 6.04 Å². The maximum Gasteiger partial charge on any atom is 0.123 e. The molecule has 1 aliphatic heterocycles. The lowest BCUT2D eigenvalue weighted by Crippen LogP contribution is -2.26. The van der Waals surface area contributed by atoms with Crippen molar-refractivity contribution in [2.75, 3.05) is 18.4 Å². The minimum Gasteiger partial charge on any atom is -0.381 e. The van der Waals surface area contributed by atoms with Crippen molar-refractivity contribution >= 4 is 5.69 Å². The van der Waals surface area contributed by atoms with Gasteiger partial charge < -0.3 is 5.32 Å². The molecule has 1 fully saturated rings. The van der Waals surface area contributed by atoms with Crippen LogP contribution in [0.15, 0.2) is 48.5 Å². The van der Waals surface area contributed by atoms with Crippen LogP contribution >= 0.6 is 0 Å². The van der Waals surface area contributed by atoms with E-state index >= 15 is 0 Å². The van der Waals surface area contributed by atoms with Gasteiger partial charge in [0.05, 0.1) is 0 Å². The van der Waals surface area contributed by atoms with Crippen LogP contribution in [0.1, 0.15) is 17.5 Å². The second-order valence-electron chi connectivity index (χ2n) is 5.81. The number of hydrogen-bond acceptors (Lipinski definition) is 2. The molecular formula is C18H21FN2. The highest BCUT2D eigenvalue weighted by atomic mass is 19.1. The van der Waals surface area contributed by atoms with Crippen molar-refractivity contribution in [3.05, 3.63) is 65.5 Å². The molecule has 0 aliphatic carbocycles. The molecule has 3 heteroatoms. The van der Waals surface area contributed by atoms with Crippen LogP contribution in [0.5, 0.6) is 0 Å². The Morgan fingerprint density at radius 1 is 1.19 bits per heavy atom. The monoisotopic (exact) mass is 284 g/mol. The maximum atomic E-state index is 13.1. The fourth-order valence-corrected chi connectivity index (χ4v) is 2.94. The summed E-state index contributed by atoms with van der Waals surface area (Å²) in [5, 5.41) is 3.54. The summed E-state index contributed by atoms with van der Waals surface area (Å²) in [6.45, 7) is 5.09. The first-order valence-corrected chi connectivity index (χ1v) is 7.50. The van der Waals surface area contributed by atoms with Crippen molar-refractivity contribution in [3.63, 3.8) is 0 Å². The molecule has 110 valence electrons. The fourth-order valence-electron chi connectivity index (χ4n) is 2.94. The van der Waals surface area contributed by atoms with Gasteiger partial charge in [0.1, 0.15) is 5.82 Å². The number of hydrogen-bond donors (Lipinski definition) is 1. The third kappa shape index (κ3) is 3.61. The van der Waals surface area contributed by atoms with Crippen molar-refractivity contribution in [2.45, 2.75) is 25.9 Å². The number of likely N-dealkylation sites (tertiary alicyclic amines) is 1. The third-order valence-corrected chi connectivity index (χ3v) is 4.07. The number of aryl methyl sites for hydroxylation is 1. The minimum absolute atomic E-state index is 0.171. The topological polar surface area (TPSA) is 15.3 Å². The van der Waals surface area contributed by atoms with Crippen molar-refractivity contribution < 1.29 is 4.39 Å². The predicted molar refractivity (Wildman–Crippen MR) is 84.9 cm³/mol. The normalized spacial score (nSPS) is 18.9. The van der Waals surface area contributed by atoms with E-state index < -0.39 is 0 Å². The summed E-state index contributed by atoms with van der Waals surface area (Å²) in [5.41, 5.74) is 3.37. The van der Waals surface area contributed by atoms with Crippen LogP contribution in [0.25, 0.3) is 0 Å². The van der Waals surface area contributed by atoms with Crippen LogP contribution in [-0.4, -0.2) is 24.0 Å². The zero-order valence-electron chi connectivity index (χ0n) is 12.3. The molecule has 3 rings (SSSR count). The summed E-state index contributed by atoms with van der Waals surface area (Å²) < 4.78 is 13.1. The van der Waals surface area contributed by atoms with Gasteiger partial charge in [-0.05, 0) is 42.7 Å². The van der Waals surface area contributed by atoms with Gasteiger partial charge in [-0.15, -0.1) is 0 Å². The van der Waals surface area contributed by atoms with Crippen molar-refractivity contribution in [2.24, 2.45) is 0 Å². The van der Waals surface area contributed by atoms with Gasteiger partial charge in [0.25, 0.3) is 0 Å². The van der Waals surface area contributed by atoms with Crippen LogP contribution in [0.4, 0.5) is 10.1 Å². The lowest BCUT2D eigenvalue weighted by molar-refractivity contribution is 0.328. The Morgan fingerprint density at radius 2 is 2.00 bits per heavy atom. The predicted octanol–water partition coefficient (Wildman–Crippen LogP) is 3.82. The zero-order chi connectivity index (χ0) is 14.7. The van der Waals surface area contributed by atoms with Crippen LogP contribution < -0.4 is 5.32 Å². The molecule has 0 radical (unpaired) electrons. The van der Waals surface area contributed by atoms with Crippen molar-refractivity contribution in [1.82, 2.24) is 4.90 Å². The summed E-state index contributed by atoms with van der Waals surface area (Å²) in [6.07, 6.45) is 1.13. The molecule has 2 nitrogen and oxygen atoms in total. The van der Waals surface area contributed by atoms with Gasteiger partial charge in [0.15, 0.2) is 0 Å². The van der Waals surface area contributed by atoms with Gasteiger partial charge >= 0.3 is 0 Å². The van der Waals surface area contributed by atoms with Gasteiger partial charge in [0.2, 0.25) is 0 Å². The molecule has 1 N–H and O–H groups in total. The third-order valence-electron chi connectivity index (χ3n) is 4.07. The molecule has 0 bridgehead atoms. The van der Waals surface area contributed by atoms with E-state index in [1.165, 1.54) is 11.6 Å². The van der Waals surface area contributed by atoms with Crippen LogP contribution in [0, 0.1) is 12.7 Å². The molecule has 21 heavy (non-hydrogen) atoms. The first-order valence-electron chi connectivity index (χ1n) is 7.50. The highest BCUT2D eigenvalue weighted by Crippen LogP contribution is 2.21. The number of nitrogens with one attached hydrogen (secondary N) is 1. The van der Waals surface area contributed by atoms with Gasteiger partial charge in [0, 0.05) is 31.4 Å². The zero-order valence-corrected chi connectivity index (χ0v) is 12.3. The quantitative estimate of drug-likeness (QED) is 0.918. The molecule has 1 heterocycles. The molecule has 2 aromatic carbocycles. The Bertz CT molecular complexity index is 597. The minimum atomic E-state index is -0.171. The molecule has 1 aliphatic rings. The molecule has 2 aromatic rings. The van der Waals surface area contributed by atoms with E-state index in [2.05, 4.69) is 40.5 Å². The standard InChI is InChI=1S/C18H21FN2/c1-14-11-16(19)7-8-18(14)20-17-9-10-21(13-17)12-15-5-3-2-4-6-15/h2-8,11,17,20H,9-10,12-13H2,1H3. The Labute approximate surface area is 125 Å². The van der Waals surface area contributed by atoms with Gasteiger partial charge in [-0.1, -0.05) is 30.3 Å². The molecule has 0 aromatic heterocycles. The van der Waals surface area contributed by atoms with Gasteiger partial charge in [-0.25, -0.2) is 4.39 Å². The summed E-state index contributed by atoms with van der Waals surface area (Å²) >= 11 is 0. The van der Waals surface area contributed by atoms with Crippen molar-refractivity contribution in [3.8, 4) is 0 Å². The van der Waals surface area contributed by atoms with Crippen LogP contribution in [0.2, 0.25) is 0 Å². The number of halogens is 1. The highest BCUT2D eigenvalue weighted by Gasteiger charge is 2.22. The maximum absolute atomic E-state index is 13.1. The summed E-state index contributed by atoms with van der Waals surface area (Å²) in [5.74, 6) is -0.171.